The summed E-state index contributed by atoms with van der Waals surface area (Å²) in [5.74, 6) is 0.790. The van der Waals surface area contributed by atoms with E-state index in [0.717, 1.165) is 52.2 Å². The van der Waals surface area contributed by atoms with Crippen LogP contribution in [-0.2, 0) is 9.53 Å². The Morgan fingerprint density at radius 3 is 2.17 bits per heavy atom. The van der Waals surface area contributed by atoms with E-state index in [-0.39, 0.29) is 36.6 Å². The highest BCUT2D eigenvalue weighted by molar-refractivity contribution is 5.85. The molecule has 2 N–H and O–H groups in total. The fraction of sp³-hybridized carbons (Fsp3) is 0.938. The van der Waals surface area contributed by atoms with Gasteiger partial charge in [-0.1, -0.05) is 33.6 Å². The maximum atomic E-state index is 12.1. The molecule has 1 rings (SSSR count). The standard InChI is InChI=1S/C16H33N3O2.2ClH/c1-5-14(6-2)15(19-7-9-21-10-8-19)12-18-16(20)13(3)11-17-4;;/h13-15,17H,5-12H2,1-4H3,(H,18,20);2*1H. The highest BCUT2D eigenvalue weighted by Crippen LogP contribution is 2.19. The third-order valence-corrected chi connectivity index (χ3v) is 4.55. The maximum absolute atomic E-state index is 12.1. The SMILES string of the molecule is CCC(CC)C(CNC(=O)C(C)CNC)N1CCOCC1.Cl.Cl. The summed E-state index contributed by atoms with van der Waals surface area (Å²) in [5.41, 5.74) is 0. The van der Waals surface area contributed by atoms with Crippen molar-refractivity contribution < 1.29 is 9.53 Å². The molecule has 0 aromatic rings. The quantitative estimate of drug-likeness (QED) is 0.650. The molecule has 0 bridgehead atoms. The van der Waals surface area contributed by atoms with Crippen LogP contribution in [0, 0.1) is 11.8 Å². The van der Waals surface area contributed by atoms with Crippen molar-refractivity contribution in [2.45, 2.75) is 39.7 Å². The van der Waals surface area contributed by atoms with Gasteiger partial charge in [-0.15, -0.1) is 24.8 Å². The van der Waals surface area contributed by atoms with Gasteiger partial charge in [0, 0.05) is 38.1 Å². The smallest absolute Gasteiger partial charge is 0.224 e. The molecule has 0 radical (unpaired) electrons. The van der Waals surface area contributed by atoms with Gasteiger partial charge >= 0.3 is 0 Å². The molecule has 1 fully saturated rings. The molecule has 2 unspecified atom stereocenters. The van der Waals surface area contributed by atoms with Crippen LogP contribution in [0.3, 0.4) is 0 Å². The summed E-state index contributed by atoms with van der Waals surface area (Å²) in [4.78, 5) is 14.6. The third kappa shape index (κ3) is 8.54. The van der Waals surface area contributed by atoms with E-state index in [1.54, 1.807) is 0 Å². The molecule has 7 heteroatoms. The number of nitrogens with one attached hydrogen (secondary N) is 2. The fourth-order valence-corrected chi connectivity index (χ4v) is 3.11. The van der Waals surface area contributed by atoms with Crippen LogP contribution in [0.4, 0.5) is 0 Å². The van der Waals surface area contributed by atoms with Crippen molar-refractivity contribution >= 4 is 30.7 Å². The van der Waals surface area contributed by atoms with Gasteiger partial charge in [-0.3, -0.25) is 9.69 Å². The summed E-state index contributed by atoms with van der Waals surface area (Å²) in [6, 6.07) is 0.426. The molecule has 5 nitrogen and oxygen atoms in total. The summed E-state index contributed by atoms with van der Waals surface area (Å²) >= 11 is 0. The van der Waals surface area contributed by atoms with Crippen LogP contribution >= 0.6 is 24.8 Å². The Balaban J connectivity index is 0. The van der Waals surface area contributed by atoms with E-state index >= 15 is 0 Å². The molecular formula is C16H35Cl2N3O2. The summed E-state index contributed by atoms with van der Waals surface area (Å²) in [7, 11) is 1.88. The van der Waals surface area contributed by atoms with Gasteiger partial charge < -0.3 is 15.4 Å². The summed E-state index contributed by atoms with van der Waals surface area (Å²) in [6.07, 6.45) is 2.31. The zero-order valence-electron chi connectivity index (χ0n) is 15.0. The van der Waals surface area contributed by atoms with Crippen LogP contribution in [-0.4, -0.2) is 63.3 Å². The van der Waals surface area contributed by atoms with Crippen LogP contribution in [0.2, 0.25) is 0 Å². The van der Waals surface area contributed by atoms with E-state index in [1.807, 2.05) is 14.0 Å². The topological polar surface area (TPSA) is 53.6 Å². The highest BCUT2D eigenvalue weighted by atomic mass is 35.5. The largest absolute Gasteiger partial charge is 0.379 e. The summed E-state index contributed by atoms with van der Waals surface area (Å²) in [5, 5.41) is 6.21. The molecule has 0 saturated carbocycles. The number of hydrogen-bond donors (Lipinski definition) is 2. The average molecular weight is 372 g/mol. The Labute approximate surface area is 154 Å². The van der Waals surface area contributed by atoms with Gasteiger partial charge in [0.15, 0.2) is 0 Å². The lowest BCUT2D eigenvalue weighted by atomic mass is 9.92. The van der Waals surface area contributed by atoms with E-state index in [9.17, 15) is 4.79 Å². The zero-order valence-corrected chi connectivity index (χ0v) is 16.6. The zero-order chi connectivity index (χ0) is 15.7. The van der Waals surface area contributed by atoms with Crippen LogP contribution < -0.4 is 10.6 Å². The minimum atomic E-state index is 0. The third-order valence-electron chi connectivity index (χ3n) is 4.55. The number of morpholine rings is 1. The molecule has 23 heavy (non-hydrogen) atoms. The number of amides is 1. The lowest BCUT2D eigenvalue weighted by Crippen LogP contribution is -2.52. The molecule has 140 valence electrons. The van der Waals surface area contributed by atoms with Gasteiger partial charge in [0.1, 0.15) is 0 Å². The van der Waals surface area contributed by atoms with E-state index in [4.69, 9.17) is 4.74 Å². The van der Waals surface area contributed by atoms with E-state index in [2.05, 4.69) is 29.4 Å². The van der Waals surface area contributed by atoms with Gasteiger partial charge in [-0.2, -0.15) is 0 Å². The first-order chi connectivity index (χ1) is 10.1. The summed E-state index contributed by atoms with van der Waals surface area (Å²) in [6.45, 7) is 11.5. The first-order valence-electron chi connectivity index (χ1n) is 8.38. The Morgan fingerprint density at radius 2 is 1.70 bits per heavy atom. The molecule has 1 saturated heterocycles. The lowest BCUT2D eigenvalue weighted by molar-refractivity contribution is -0.124. The molecule has 1 heterocycles. The number of hydrogen-bond acceptors (Lipinski definition) is 4. The Bertz CT molecular complexity index is 299. The molecule has 0 aromatic heterocycles. The predicted octanol–water partition coefficient (Wildman–Crippen LogP) is 1.94. The number of nitrogens with zero attached hydrogens (tertiary/aromatic N) is 1. The highest BCUT2D eigenvalue weighted by Gasteiger charge is 2.27. The number of carbonyl (C=O) groups is 1. The second-order valence-corrected chi connectivity index (χ2v) is 6.00. The van der Waals surface area contributed by atoms with Gasteiger partial charge in [0.2, 0.25) is 5.91 Å². The van der Waals surface area contributed by atoms with Gasteiger partial charge in [0.05, 0.1) is 13.2 Å². The Morgan fingerprint density at radius 1 is 1.13 bits per heavy atom. The number of halogens is 2. The second kappa shape index (κ2) is 14.3. The fourth-order valence-electron chi connectivity index (χ4n) is 3.11. The normalized spacial score (nSPS) is 17.8. The van der Waals surface area contributed by atoms with E-state index in [1.165, 1.54) is 0 Å². The Hall–Kier alpha value is -0.0700. The number of carbonyl (C=O) groups excluding carboxylic acids is 1. The van der Waals surface area contributed by atoms with Crippen molar-refractivity contribution in [1.29, 1.82) is 0 Å². The number of ether oxygens (including phenoxy) is 1. The van der Waals surface area contributed by atoms with Crippen molar-refractivity contribution in [2.75, 3.05) is 46.4 Å². The number of rotatable bonds is 9. The minimum absolute atomic E-state index is 0. The second-order valence-electron chi connectivity index (χ2n) is 6.00. The van der Waals surface area contributed by atoms with Crippen LogP contribution in [0.1, 0.15) is 33.6 Å². The molecule has 0 aliphatic carbocycles. The maximum Gasteiger partial charge on any atom is 0.224 e. The molecular weight excluding hydrogens is 337 g/mol. The van der Waals surface area contributed by atoms with E-state index in [0.29, 0.717) is 12.0 Å². The molecule has 1 aliphatic heterocycles. The minimum Gasteiger partial charge on any atom is -0.379 e. The molecule has 2 atom stereocenters. The van der Waals surface area contributed by atoms with Crippen LogP contribution in [0.25, 0.3) is 0 Å². The van der Waals surface area contributed by atoms with Crippen molar-refractivity contribution in [1.82, 2.24) is 15.5 Å². The lowest BCUT2D eigenvalue weighted by Gasteiger charge is -2.39. The Kier molecular flexibility index (Phi) is 15.6. The molecule has 1 amide bonds. The predicted molar refractivity (Wildman–Crippen MR) is 101 cm³/mol. The molecule has 0 spiro atoms. The average Bonchev–Trinajstić information content (AvgIpc) is 2.52. The first kappa shape index (κ1) is 25.2. The van der Waals surface area contributed by atoms with Crippen molar-refractivity contribution in [3.63, 3.8) is 0 Å². The van der Waals surface area contributed by atoms with Gasteiger partial charge in [-0.05, 0) is 13.0 Å². The van der Waals surface area contributed by atoms with E-state index < -0.39 is 0 Å². The van der Waals surface area contributed by atoms with Gasteiger partial charge in [0.25, 0.3) is 0 Å². The van der Waals surface area contributed by atoms with Crippen molar-refractivity contribution in [3.8, 4) is 0 Å². The summed E-state index contributed by atoms with van der Waals surface area (Å²) < 4.78 is 5.46. The monoisotopic (exact) mass is 371 g/mol. The molecule has 1 aliphatic rings. The first-order valence-corrected chi connectivity index (χ1v) is 8.38. The van der Waals surface area contributed by atoms with Crippen molar-refractivity contribution in [2.24, 2.45) is 11.8 Å². The van der Waals surface area contributed by atoms with Crippen molar-refractivity contribution in [3.05, 3.63) is 0 Å². The van der Waals surface area contributed by atoms with Crippen LogP contribution in [0.5, 0.6) is 0 Å². The van der Waals surface area contributed by atoms with Gasteiger partial charge in [-0.25, -0.2) is 0 Å². The molecule has 0 aromatic carbocycles. The van der Waals surface area contributed by atoms with Crippen LogP contribution in [0.15, 0.2) is 0 Å².